The summed E-state index contributed by atoms with van der Waals surface area (Å²) in [5.41, 5.74) is 3.55. The number of hydrazine groups is 1. The van der Waals surface area contributed by atoms with Crippen LogP contribution in [0.2, 0.25) is 0 Å². The Morgan fingerprint density at radius 1 is 1.39 bits per heavy atom. The largest absolute Gasteiger partial charge is 0.308 e. The second-order valence-electron chi connectivity index (χ2n) is 4.44. The molecular weight excluding hydrogens is 252 g/mol. The van der Waals surface area contributed by atoms with Crippen LogP contribution < -0.4 is 11.3 Å². The van der Waals surface area contributed by atoms with Crippen molar-refractivity contribution in [2.45, 2.75) is 13.0 Å². The zero-order valence-electron chi connectivity index (χ0n) is 10.2. The average molecular weight is 270 g/mol. The molecule has 1 aliphatic heterocycles. The van der Waals surface area contributed by atoms with E-state index in [0.717, 1.165) is 12.1 Å². The first-order valence-electron chi connectivity index (χ1n) is 5.94. The molecule has 0 aliphatic carbocycles. The van der Waals surface area contributed by atoms with Gasteiger partial charge in [-0.2, -0.15) is 0 Å². The van der Waals surface area contributed by atoms with Crippen molar-refractivity contribution in [3.05, 3.63) is 23.9 Å². The first-order chi connectivity index (χ1) is 8.61. The smallest absolute Gasteiger partial charge is 0.151 e. The number of nitrogens with two attached hydrogens (primary N) is 1. The lowest BCUT2D eigenvalue weighted by Crippen LogP contribution is -2.27. The minimum atomic E-state index is -2.86. The molecule has 1 aromatic rings. The summed E-state index contributed by atoms with van der Waals surface area (Å²) in [6.07, 6.45) is 2.36. The van der Waals surface area contributed by atoms with E-state index >= 15 is 0 Å². The molecular formula is C11H18N4O2S. The Morgan fingerprint density at radius 2 is 2.22 bits per heavy atom. The molecule has 0 spiro atoms. The second-order valence-corrected chi connectivity index (χ2v) is 6.74. The molecule has 0 atom stereocenters. The van der Waals surface area contributed by atoms with E-state index in [1.54, 1.807) is 6.20 Å². The van der Waals surface area contributed by atoms with Crippen molar-refractivity contribution >= 4 is 15.7 Å². The molecule has 1 aliphatic rings. The van der Waals surface area contributed by atoms with Crippen LogP contribution in [0.15, 0.2) is 18.3 Å². The topological polar surface area (TPSA) is 88.3 Å². The molecule has 1 fully saturated rings. The number of sulfone groups is 1. The summed E-state index contributed by atoms with van der Waals surface area (Å²) in [5, 5.41) is 0. The van der Waals surface area contributed by atoms with Gasteiger partial charge < -0.3 is 5.43 Å². The highest BCUT2D eigenvalue weighted by molar-refractivity contribution is 7.91. The fourth-order valence-electron chi connectivity index (χ4n) is 2.09. The van der Waals surface area contributed by atoms with Gasteiger partial charge in [0.25, 0.3) is 0 Å². The van der Waals surface area contributed by atoms with Crippen molar-refractivity contribution in [1.82, 2.24) is 9.88 Å². The molecule has 0 radical (unpaired) electrons. The van der Waals surface area contributed by atoms with Gasteiger partial charge in [0.2, 0.25) is 0 Å². The van der Waals surface area contributed by atoms with E-state index in [9.17, 15) is 8.42 Å². The summed E-state index contributed by atoms with van der Waals surface area (Å²) in [7, 11) is -2.86. The normalized spacial score (nSPS) is 20.3. The maximum absolute atomic E-state index is 11.5. The molecule has 1 saturated heterocycles. The molecule has 3 N–H and O–H groups in total. The van der Waals surface area contributed by atoms with Gasteiger partial charge in [0.15, 0.2) is 9.84 Å². The Morgan fingerprint density at radius 3 is 3.00 bits per heavy atom. The molecule has 18 heavy (non-hydrogen) atoms. The van der Waals surface area contributed by atoms with Crippen LogP contribution in [0.4, 0.5) is 5.82 Å². The van der Waals surface area contributed by atoms with Gasteiger partial charge in [-0.3, -0.25) is 4.90 Å². The van der Waals surface area contributed by atoms with E-state index in [1.165, 1.54) is 0 Å². The molecule has 2 heterocycles. The zero-order chi connectivity index (χ0) is 13.0. The van der Waals surface area contributed by atoms with Crippen molar-refractivity contribution in [3.8, 4) is 0 Å². The Bertz CT molecular complexity index is 504. The minimum absolute atomic E-state index is 0.235. The molecule has 100 valence electrons. The van der Waals surface area contributed by atoms with E-state index in [1.807, 2.05) is 12.1 Å². The monoisotopic (exact) mass is 270 g/mol. The van der Waals surface area contributed by atoms with E-state index in [2.05, 4.69) is 15.3 Å². The number of nitrogens with one attached hydrogen (secondary N) is 1. The van der Waals surface area contributed by atoms with Crippen LogP contribution >= 0.6 is 0 Å². The minimum Gasteiger partial charge on any atom is -0.308 e. The highest BCUT2D eigenvalue weighted by Gasteiger charge is 2.19. The first-order valence-corrected chi connectivity index (χ1v) is 7.76. The number of rotatable bonds is 3. The number of hydrogen-bond donors (Lipinski definition) is 2. The second kappa shape index (κ2) is 5.64. The Balaban J connectivity index is 2.05. The van der Waals surface area contributed by atoms with Crippen LogP contribution in [-0.2, 0) is 16.4 Å². The van der Waals surface area contributed by atoms with Gasteiger partial charge in [0, 0.05) is 24.8 Å². The fraction of sp³-hybridized carbons (Fsp3) is 0.545. The lowest BCUT2D eigenvalue weighted by molar-refractivity contribution is 0.287. The maximum atomic E-state index is 11.5. The van der Waals surface area contributed by atoms with Crippen LogP contribution in [0.25, 0.3) is 0 Å². The zero-order valence-corrected chi connectivity index (χ0v) is 11.0. The summed E-state index contributed by atoms with van der Waals surface area (Å²) in [5.74, 6) is 6.57. The van der Waals surface area contributed by atoms with Gasteiger partial charge in [0.05, 0.1) is 11.5 Å². The van der Waals surface area contributed by atoms with Gasteiger partial charge in [0.1, 0.15) is 5.82 Å². The quantitative estimate of drug-likeness (QED) is 0.593. The number of pyridine rings is 1. The van der Waals surface area contributed by atoms with Crippen LogP contribution in [0.1, 0.15) is 12.0 Å². The third-order valence-corrected chi connectivity index (χ3v) is 4.79. The van der Waals surface area contributed by atoms with Crippen molar-refractivity contribution in [2.75, 3.05) is 30.0 Å². The van der Waals surface area contributed by atoms with Crippen LogP contribution in [0, 0.1) is 0 Å². The third-order valence-electron chi connectivity index (χ3n) is 3.07. The van der Waals surface area contributed by atoms with Gasteiger partial charge in [-0.15, -0.1) is 0 Å². The lowest BCUT2D eigenvalue weighted by atomic mass is 10.2. The van der Waals surface area contributed by atoms with Gasteiger partial charge in [-0.1, -0.05) is 6.07 Å². The first kappa shape index (κ1) is 13.3. The lowest BCUT2D eigenvalue weighted by Gasteiger charge is -2.20. The van der Waals surface area contributed by atoms with Crippen LogP contribution in [-0.4, -0.2) is 42.9 Å². The maximum Gasteiger partial charge on any atom is 0.151 e. The molecule has 0 saturated carbocycles. The molecule has 0 bridgehead atoms. The Kier molecular flexibility index (Phi) is 4.15. The number of hydrogen-bond acceptors (Lipinski definition) is 6. The van der Waals surface area contributed by atoms with E-state index < -0.39 is 9.84 Å². The summed E-state index contributed by atoms with van der Waals surface area (Å²) in [6, 6.07) is 3.80. The predicted octanol–water partition coefficient (Wildman–Crippen LogP) is -0.0123. The van der Waals surface area contributed by atoms with Crippen LogP contribution in [0.5, 0.6) is 0 Å². The molecule has 1 aromatic heterocycles. The molecule has 0 amide bonds. The van der Waals surface area contributed by atoms with Crippen molar-refractivity contribution in [3.63, 3.8) is 0 Å². The molecule has 0 aromatic carbocycles. The summed E-state index contributed by atoms with van der Waals surface area (Å²) < 4.78 is 23.0. The van der Waals surface area contributed by atoms with Gasteiger partial charge in [-0.25, -0.2) is 19.2 Å². The van der Waals surface area contributed by atoms with Gasteiger partial charge >= 0.3 is 0 Å². The number of anilines is 1. The average Bonchev–Trinajstić information content (AvgIpc) is 2.52. The van der Waals surface area contributed by atoms with Crippen LogP contribution in [0.3, 0.4) is 0 Å². The number of aromatic nitrogens is 1. The SMILES string of the molecule is NNc1ncccc1CN1CCCS(=O)(=O)CC1. The number of nitrogens with zero attached hydrogens (tertiary/aromatic N) is 2. The summed E-state index contributed by atoms with van der Waals surface area (Å²) in [6.45, 7) is 2.03. The molecule has 2 rings (SSSR count). The predicted molar refractivity (Wildman–Crippen MR) is 70.6 cm³/mol. The van der Waals surface area contributed by atoms with Crippen molar-refractivity contribution in [1.29, 1.82) is 0 Å². The van der Waals surface area contributed by atoms with Crippen molar-refractivity contribution < 1.29 is 8.42 Å². The molecule has 6 nitrogen and oxygen atoms in total. The van der Waals surface area contributed by atoms with Crippen molar-refractivity contribution in [2.24, 2.45) is 5.84 Å². The summed E-state index contributed by atoms with van der Waals surface area (Å²) >= 11 is 0. The van der Waals surface area contributed by atoms with Gasteiger partial charge in [-0.05, 0) is 19.0 Å². The van der Waals surface area contributed by atoms with E-state index in [4.69, 9.17) is 5.84 Å². The van der Waals surface area contributed by atoms with E-state index in [0.29, 0.717) is 31.1 Å². The fourth-order valence-corrected chi connectivity index (χ4v) is 3.39. The standard InChI is InChI=1S/C11H18N4O2S/c12-14-11-10(3-1-4-13-11)9-15-5-2-7-18(16,17)8-6-15/h1,3-4H,2,5-9,12H2,(H,13,14). The van der Waals surface area contributed by atoms with E-state index in [-0.39, 0.29) is 5.75 Å². The Labute approximate surface area is 107 Å². The molecule has 7 heteroatoms. The summed E-state index contributed by atoms with van der Waals surface area (Å²) in [4.78, 5) is 6.26. The molecule has 0 unspecified atom stereocenters. The third kappa shape index (κ3) is 3.41. The highest BCUT2D eigenvalue weighted by atomic mass is 32.2. The Hall–Kier alpha value is -1.18. The number of nitrogen functional groups attached to an aromatic ring is 1. The highest BCUT2D eigenvalue weighted by Crippen LogP contribution is 2.15.